The van der Waals surface area contributed by atoms with Gasteiger partial charge in [0.25, 0.3) is 5.91 Å². The zero-order valence-electron chi connectivity index (χ0n) is 38.5. The first-order chi connectivity index (χ1) is 33.6. The Morgan fingerprint density at radius 2 is 1.94 bits per heavy atom. The number of amides is 1. The number of aliphatic imine (C=N–C) groups is 1. The van der Waals surface area contributed by atoms with Crippen molar-refractivity contribution in [2.45, 2.75) is 119 Å². The lowest BCUT2D eigenvalue weighted by Gasteiger charge is -2.47. The Hall–Kier alpha value is -5.92. The Kier molecular flexibility index (Phi) is 11.2. The van der Waals surface area contributed by atoms with Crippen LogP contribution in [-0.2, 0) is 33.6 Å². The number of aromatic hydroxyl groups is 1. The summed E-state index contributed by atoms with van der Waals surface area (Å²) in [6.07, 6.45) is 16.5. The number of rotatable bonds is 6. The maximum absolute atomic E-state index is 15.2. The summed E-state index contributed by atoms with van der Waals surface area (Å²) in [5.41, 5.74) is 5.15. The summed E-state index contributed by atoms with van der Waals surface area (Å²) in [4.78, 5) is 35.6. The summed E-state index contributed by atoms with van der Waals surface area (Å²) in [5, 5.41) is 53.5. The van der Waals surface area contributed by atoms with Gasteiger partial charge in [-0.1, -0.05) is 37.3 Å². The van der Waals surface area contributed by atoms with Gasteiger partial charge in [0.05, 0.1) is 55.2 Å². The highest BCUT2D eigenvalue weighted by Crippen LogP contribution is 2.56. The number of nitrogens with zero attached hydrogens (tertiary/aromatic N) is 2. The van der Waals surface area contributed by atoms with E-state index in [1.807, 2.05) is 24.3 Å². The smallest absolute Gasteiger partial charge is 0.254 e. The zero-order chi connectivity index (χ0) is 47.1. The standard InChI is InChI=1S/C55H55N3O11/c1-65-44-22-38-34-16-15-31-8-4-12-33(31)46(34)48-42(60)26-58-25-40-30(7-5-13-35(40)53(58)63)9-6-20-66-52-49(61)45-27-67-43(19-17-36(44)51(47(38)50(48)62)69-54(68-45)55(52,64)28-59)39-24-57-41-18-14-29(21-37(39)41)23-56-32-10-2-3-11-32/h5,7,13-14,17-19,21-22,24,31-33,43,45,49,52,54,56,59,61,64H,2-4,8-12,15-16,23,25-28H2,1H3/p+1/b19-17+/t31-,33+,43-,45-,49-,52+,54-,55-/m1/s1. The van der Waals surface area contributed by atoms with Crippen molar-refractivity contribution in [1.82, 2.24) is 10.2 Å². The molecular formula is C55H56N3O11+. The van der Waals surface area contributed by atoms with Crippen LogP contribution in [0.4, 0.5) is 0 Å². The Labute approximate surface area is 400 Å². The fourth-order valence-electron chi connectivity index (χ4n) is 12.6. The summed E-state index contributed by atoms with van der Waals surface area (Å²) in [5.74, 6) is 2.66. The second-order valence-corrected chi connectivity index (χ2v) is 20.0. The van der Waals surface area contributed by atoms with E-state index in [2.05, 4.69) is 29.8 Å². The molecule has 14 nitrogen and oxygen atoms in total. The van der Waals surface area contributed by atoms with Gasteiger partial charge in [-0.2, -0.15) is 4.99 Å². The number of nitrogens with one attached hydrogen (secondary N) is 1. The zero-order valence-corrected chi connectivity index (χ0v) is 38.5. The molecule has 9 aliphatic rings. The van der Waals surface area contributed by atoms with E-state index in [-0.39, 0.29) is 60.4 Å². The number of ether oxygens (including phenoxy) is 5. The summed E-state index contributed by atoms with van der Waals surface area (Å²) < 4.78 is 32.4. The molecule has 0 aromatic heterocycles. The molecule has 8 atom stereocenters. The van der Waals surface area contributed by atoms with Crippen molar-refractivity contribution in [2.75, 3.05) is 33.4 Å². The Morgan fingerprint density at radius 1 is 1.07 bits per heavy atom. The van der Waals surface area contributed by atoms with Crippen LogP contribution in [-0.4, -0.2) is 119 Å². The van der Waals surface area contributed by atoms with Crippen LogP contribution >= 0.6 is 0 Å². The van der Waals surface area contributed by atoms with Crippen molar-refractivity contribution in [2.24, 2.45) is 10.9 Å². The number of phenols is 1. The number of benzene rings is 3. The number of methoxy groups -OCH3 is 1. The molecule has 12 rings (SSSR count). The summed E-state index contributed by atoms with van der Waals surface area (Å²) in [7, 11) is 1.54. The summed E-state index contributed by atoms with van der Waals surface area (Å²) in [6.45, 7) is -0.632. The van der Waals surface area contributed by atoms with E-state index in [0.717, 1.165) is 83.2 Å². The van der Waals surface area contributed by atoms with E-state index in [4.69, 9.17) is 28.7 Å². The lowest BCUT2D eigenvalue weighted by Crippen LogP contribution is -2.70. The number of fused-ring (bicyclic) bond motifs is 10. The maximum Gasteiger partial charge on any atom is 0.254 e. The number of carbonyl (C=O) groups is 2. The van der Waals surface area contributed by atoms with Crippen LogP contribution < -0.4 is 14.8 Å². The number of aryl methyl sites for hydroxylation is 1. The average Bonchev–Trinajstić information content (AvgIpc) is 4.19. The number of allylic oxidation sites excluding steroid dienone is 3. The number of phenolic OH excluding ortho intramolecular Hbond substituents is 1. The SMILES string of the molecule is COc1cc2c3c(c4c(O)c2c2c1/C=C/[C@H](C1=C5[CH+]C(CNC6CCCC6)=CC=C5N=C1)OC[C@H]1O[C@H](O2)[C@@](O)(CO)[C@@H](OC#CCc2cccc5c2CN(CC4=O)C5=O)[C@@H]1O)[C@H]1CCC[C@@H]1CC3. The highest BCUT2D eigenvalue weighted by molar-refractivity contribution is 6.13. The van der Waals surface area contributed by atoms with Gasteiger partial charge >= 0.3 is 0 Å². The van der Waals surface area contributed by atoms with Gasteiger partial charge in [0.1, 0.15) is 47.2 Å². The average molecular weight is 935 g/mol. The van der Waals surface area contributed by atoms with Gasteiger partial charge in [0.15, 0.2) is 23.2 Å². The first kappa shape index (κ1) is 44.3. The Balaban J connectivity index is 1.06. The van der Waals surface area contributed by atoms with Gasteiger partial charge in [-0.05, 0) is 102 Å². The quantitative estimate of drug-likeness (QED) is 0.151. The third-order valence-electron chi connectivity index (χ3n) is 16.2. The Morgan fingerprint density at radius 3 is 2.78 bits per heavy atom. The van der Waals surface area contributed by atoms with Gasteiger partial charge in [0.2, 0.25) is 6.29 Å². The van der Waals surface area contributed by atoms with Crippen molar-refractivity contribution >= 4 is 34.8 Å². The number of aliphatic hydroxyl groups excluding tert-OH is 2. The predicted molar refractivity (Wildman–Crippen MR) is 255 cm³/mol. The lowest BCUT2D eigenvalue weighted by atomic mass is 9.72. The van der Waals surface area contributed by atoms with E-state index in [9.17, 15) is 25.2 Å². The van der Waals surface area contributed by atoms with E-state index in [1.54, 1.807) is 24.4 Å². The van der Waals surface area contributed by atoms with Crippen molar-refractivity contribution in [3.05, 3.63) is 110 Å². The predicted octanol–water partition coefficient (Wildman–Crippen LogP) is 5.67. The number of Topliss-reactive ketones (excluding diaryl/α,β-unsaturated/α-hetero) is 1. The number of carbonyl (C=O) groups excluding carboxylic acids is 2. The van der Waals surface area contributed by atoms with Gasteiger partial charge in [-0.3, -0.25) is 9.59 Å². The van der Waals surface area contributed by atoms with Crippen LogP contribution in [0.25, 0.3) is 16.8 Å². The van der Waals surface area contributed by atoms with Crippen molar-refractivity contribution in [3.63, 3.8) is 0 Å². The van der Waals surface area contributed by atoms with Crippen LogP contribution in [0.1, 0.15) is 106 Å². The number of ketones is 1. The molecule has 14 heteroatoms. The van der Waals surface area contributed by atoms with Gasteiger partial charge in [-0.25, -0.2) is 0 Å². The minimum Gasteiger partial charge on any atom is -0.506 e. The maximum atomic E-state index is 15.2. The molecule has 69 heavy (non-hydrogen) atoms. The third-order valence-corrected chi connectivity index (χ3v) is 16.2. The molecule has 0 radical (unpaired) electrons. The number of aliphatic hydroxyl groups is 3. The highest BCUT2D eigenvalue weighted by Gasteiger charge is 2.59. The minimum atomic E-state index is -2.45. The topological polar surface area (TPSA) is 189 Å². The molecule has 1 saturated heterocycles. The van der Waals surface area contributed by atoms with Crippen molar-refractivity contribution in [3.8, 4) is 29.3 Å². The monoisotopic (exact) mass is 934 g/mol. The minimum absolute atomic E-state index is 0.00201. The second kappa shape index (κ2) is 17.5. The summed E-state index contributed by atoms with van der Waals surface area (Å²) >= 11 is 0. The third kappa shape index (κ3) is 7.31. The van der Waals surface area contributed by atoms with Crippen LogP contribution in [0.2, 0.25) is 0 Å². The largest absolute Gasteiger partial charge is 0.506 e. The van der Waals surface area contributed by atoms with E-state index >= 15 is 4.79 Å². The lowest BCUT2D eigenvalue weighted by molar-refractivity contribution is -0.327. The van der Waals surface area contributed by atoms with E-state index < -0.39 is 48.7 Å². The molecular weight excluding hydrogens is 879 g/mol. The van der Waals surface area contributed by atoms with Crippen LogP contribution in [0.3, 0.4) is 0 Å². The normalized spacial score (nSPS) is 30.7. The molecule has 0 unspecified atom stereocenters. The molecule has 2 saturated carbocycles. The van der Waals surface area contributed by atoms with Gasteiger partial charge in [-0.15, -0.1) is 0 Å². The van der Waals surface area contributed by atoms with Crippen LogP contribution in [0.5, 0.6) is 17.2 Å². The van der Waals surface area contributed by atoms with E-state index in [0.29, 0.717) is 47.2 Å². The van der Waals surface area contributed by atoms with Gasteiger partial charge < -0.3 is 54.3 Å². The molecule has 5 N–H and O–H groups in total. The van der Waals surface area contributed by atoms with Crippen LogP contribution in [0.15, 0.2) is 69.9 Å². The number of hydrogen-bond acceptors (Lipinski definition) is 13. The van der Waals surface area contributed by atoms with Crippen molar-refractivity contribution < 1.29 is 53.7 Å². The second-order valence-electron chi connectivity index (χ2n) is 20.0. The molecule has 3 aromatic rings. The highest BCUT2D eigenvalue weighted by atomic mass is 16.7. The first-order valence-corrected chi connectivity index (χ1v) is 24.5. The van der Waals surface area contributed by atoms with Crippen molar-refractivity contribution in [1.29, 1.82) is 0 Å². The molecule has 0 spiro atoms. The van der Waals surface area contributed by atoms with E-state index in [1.165, 1.54) is 24.9 Å². The fourth-order valence-corrected chi connectivity index (χ4v) is 12.6. The molecule has 5 aliphatic heterocycles. The Bertz CT molecular complexity index is 2900. The molecule has 5 heterocycles. The molecule has 1 amide bonds. The number of hydrogen-bond donors (Lipinski definition) is 5. The molecule has 8 bridgehead atoms. The molecule has 4 aliphatic carbocycles. The fraction of sp³-hybridized carbons (Fsp3) is 0.455. The first-order valence-electron chi connectivity index (χ1n) is 24.5. The van der Waals surface area contributed by atoms with Gasteiger partial charge in [0, 0.05) is 55.3 Å². The van der Waals surface area contributed by atoms with Crippen LogP contribution in [0, 0.1) is 24.4 Å². The molecule has 356 valence electrons. The molecule has 3 aromatic carbocycles. The summed E-state index contributed by atoms with van der Waals surface area (Å²) in [6, 6.07) is 7.72. The molecule has 3 fully saturated rings.